The predicted octanol–water partition coefficient (Wildman–Crippen LogP) is 6.82. The van der Waals surface area contributed by atoms with E-state index in [2.05, 4.69) is 53.2 Å². The minimum Gasteiger partial charge on any atom is -0.497 e. The van der Waals surface area contributed by atoms with Gasteiger partial charge in [-0.1, -0.05) is 61.0 Å². The number of nitrogens with zero attached hydrogens (tertiary/aromatic N) is 2. The van der Waals surface area contributed by atoms with Crippen LogP contribution in [0.3, 0.4) is 0 Å². The van der Waals surface area contributed by atoms with Gasteiger partial charge in [-0.05, 0) is 60.4 Å². The van der Waals surface area contributed by atoms with Crippen molar-refractivity contribution in [3.63, 3.8) is 0 Å². The highest BCUT2D eigenvalue weighted by molar-refractivity contribution is 5.56. The molecule has 2 heterocycles. The van der Waals surface area contributed by atoms with Crippen LogP contribution in [0.1, 0.15) is 29.5 Å². The third-order valence-electron chi connectivity index (χ3n) is 6.87. The van der Waals surface area contributed by atoms with Gasteiger partial charge in [-0.2, -0.15) is 0 Å². The van der Waals surface area contributed by atoms with Crippen LogP contribution < -0.4 is 9.47 Å². The number of hydrogen-bond acceptors (Lipinski definition) is 5. The average Bonchev–Trinajstić information content (AvgIpc) is 3.46. The molecule has 4 aromatic rings. The Balaban J connectivity index is 1.17. The number of methoxy groups -OCH3 is 1. The summed E-state index contributed by atoms with van der Waals surface area (Å²) >= 11 is 0. The first-order valence-electron chi connectivity index (χ1n) is 12.9. The smallest absolute Gasteiger partial charge is 0.226 e. The predicted molar refractivity (Wildman–Crippen MR) is 148 cm³/mol. The van der Waals surface area contributed by atoms with Gasteiger partial charge in [0.05, 0.1) is 19.4 Å². The number of benzene rings is 3. The van der Waals surface area contributed by atoms with E-state index in [1.165, 1.54) is 16.7 Å². The van der Waals surface area contributed by atoms with Crippen molar-refractivity contribution in [2.24, 2.45) is 5.92 Å². The number of ether oxygens (including phenoxy) is 2. The number of hydrogen-bond donors (Lipinski definition) is 0. The molecule has 0 spiro atoms. The van der Waals surface area contributed by atoms with E-state index in [4.69, 9.17) is 13.9 Å². The second-order valence-corrected chi connectivity index (χ2v) is 9.70. The van der Waals surface area contributed by atoms with Crippen LogP contribution in [0.5, 0.6) is 11.5 Å². The van der Waals surface area contributed by atoms with Crippen LogP contribution in [0.4, 0.5) is 0 Å². The van der Waals surface area contributed by atoms with Gasteiger partial charge in [0.2, 0.25) is 5.89 Å². The molecule has 1 unspecified atom stereocenters. The summed E-state index contributed by atoms with van der Waals surface area (Å²) in [6.07, 6.45) is 3.02. The van der Waals surface area contributed by atoms with E-state index in [1.807, 2.05) is 55.5 Å². The highest BCUT2D eigenvalue weighted by atomic mass is 16.5. The molecule has 0 amide bonds. The minimum atomic E-state index is 0.525. The number of aromatic nitrogens is 1. The Labute approximate surface area is 219 Å². The maximum atomic E-state index is 6.10. The summed E-state index contributed by atoms with van der Waals surface area (Å²) < 4.78 is 17.3. The lowest BCUT2D eigenvalue weighted by Gasteiger charge is -2.15. The van der Waals surface area contributed by atoms with E-state index in [0.29, 0.717) is 24.8 Å². The molecule has 5 heteroatoms. The van der Waals surface area contributed by atoms with Crippen molar-refractivity contribution in [1.29, 1.82) is 0 Å². The maximum absolute atomic E-state index is 6.10. The third-order valence-corrected chi connectivity index (χ3v) is 6.87. The number of aryl methyl sites for hydroxylation is 1. The first kappa shape index (κ1) is 24.8. The van der Waals surface area contributed by atoms with E-state index >= 15 is 0 Å². The normalized spacial score (nSPS) is 16.8. The molecule has 1 saturated heterocycles. The van der Waals surface area contributed by atoms with E-state index in [0.717, 1.165) is 48.2 Å². The molecule has 0 radical (unpaired) electrons. The molecular formula is C32H34N2O3. The summed E-state index contributed by atoms with van der Waals surface area (Å²) in [5, 5.41) is 0. The lowest BCUT2D eigenvalue weighted by molar-refractivity contribution is 0.320. The van der Waals surface area contributed by atoms with Crippen molar-refractivity contribution in [2.45, 2.75) is 26.8 Å². The second kappa shape index (κ2) is 11.5. The largest absolute Gasteiger partial charge is 0.497 e. The van der Waals surface area contributed by atoms with Gasteiger partial charge in [0.15, 0.2) is 0 Å². The zero-order valence-corrected chi connectivity index (χ0v) is 21.8. The fourth-order valence-electron chi connectivity index (χ4n) is 4.82. The zero-order chi connectivity index (χ0) is 25.6. The first-order chi connectivity index (χ1) is 18.1. The molecule has 5 nitrogen and oxygen atoms in total. The minimum absolute atomic E-state index is 0.525. The molecule has 1 aromatic heterocycles. The highest BCUT2D eigenvalue weighted by Crippen LogP contribution is 2.27. The van der Waals surface area contributed by atoms with Crippen LogP contribution in [0, 0.1) is 12.8 Å². The lowest BCUT2D eigenvalue weighted by atomic mass is 10.0. The number of rotatable bonds is 9. The Hall–Kier alpha value is -3.83. The Morgan fingerprint density at radius 2 is 1.81 bits per heavy atom. The summed E-state index contributed by atoms with van der Waals surface area (Å²) in [5.41, 5.74) is 5.87. The van der Waals surface area contributed by atoms with Gasteiger partial charge in [-0.15, -0.1) is 0 Å². The molecule has 3 aromatic carbocycles. The quantitative estimate of drug-likeness (QED) is 0.256. The number of likely N-dealkylation sites (tertiary alicyclic amines) is 1. The summed E-state index contributed by atoms with van der Waals surface area (Å²) in [7, 11) is 1.70. The molecule has 1 fully saturated rings. The molecule has 1 aliphatic heterocycles. The van der Waals surface area contributed by atoms with Crippen molar-refractivity contribution in [2.75, 3.05) is 26.8 Å². The summed E-state index contributed by atoms with van der Waals surface area (Å²) in [6, 6.07) is 26.7. The van der Waals surface area contributed by atoms with Gasteiger partial charge in [0.1, 0.15) is 17.3 Å². The van der Waals surface area contributed by atoms with Crippen molar-refractivity contribution in [1.82, 2.24) is 9.88 Å². The molecule has 190 valence electrons. The van der Waals surface area contributed by atoms with Gasteiger partial charge >= 0.3 is 0 Å². The molecule has 1 aliphatic rings. The topological polar surface area (TPSA) is 47.7 Å². The summed E-state index contributed by atoms with van der Waals surface area (Å²) in [5.74, 6) is 3.80. The van der Waals surface area contributed by atoms with Gasteiger partial charge in [0.25, 0.3) is 0 Å². The van der Waals surface area contributed by atoms with Crippen LogP contribution in [-0.2, 0) is 13.0 Å². The second-order valence-electron chi connectivity index (χ2n) is 9.70. The van der Waals surface area contributed by atoms with Crippen LogP contribution in [0.25, 0.3) is 17.5 Å². The van der Waals surface area contributed by atoms with Crippen LogP contribution in [-0.4, -0.2) is 36.7 Å². The molecule has 1 atom stereocenters. The van der Waals surface area contributed by atoms with Crippen molar-refractivity contribution >= 4 is 6.08 Å². The number of oxazole rings is 1. The van der Waals surface area contributed by atoms with Gasteiger partial charge in [-0.25, -0.2) is 4.98 Å². The molecule has 0 N–H and O–H groups in total. The zero-order valence-electron chi connectivity index (χ0n) is 21.8. The molecule has 0 bridgehead atoms. The molecule has 0 saturated carbocycles. The molecule has 0 aliphatic carbocycles. The van der Waals surface area contributed by atoms with Crippen molar-refractivity contribution < 1.29 is 13.9 Å². The Kier molecular flexibility index (Phi) is 7.71. The van der Waals surface area contributed by atoms with E-state index in [-0.39, 0.29) is 0 Å². The van der Waals surface area contributed by atoms with Crippen LogP contribution in [0.2, 0.25) is 0 Å². The highest BCUT2D eigenvalue weighted by Gasteiger charge is 2.23. The van der Waals surface area contributed by atoms with Gasteiger partial charge < -0.3 is 13.9 Å². The van der Waals surface area contributed by atoms with E-state index in [1.54, 1.807) is 7.11 Å². The van der Waals surface area contributed by atoms with Gasteiger partial charge in [0, 0.05) is 31.6 Å². The average molecular weight is 495 g/mol. The van der Waals surface area contributed by atoms with Gasteiger partial charge in [-0.3, -0.25) is 4.90 Å². The Morgan fingerprint density at radius 3 is 2.59 bits per heavy atom. The Bertz CT molecular complexity index is 1340. The monoisotopic (exact) mass is 494 g/mol. The standard InChI is InChI=1S/C32H34N2O3/c1-23-20-34(21-25-12-14-29(35-3)15-13-25)22-28(23)18-26-8-7-11-30(19-26)36-17-16-31-24(2)37-32(33-31)27-9-5-4-6-10-27/h4-15,18-19,23H,16-17,20-22H2,1-3H3/b28-18+. The maximum Gasteiger partial charge on any atom is 0.226 e. The van der Waals surface area contributed by atoms with E-state index in [9.17, 15) is 0 Å². The molecule has 5 rings (SSSR count). The SMILES string of the molecule is COc1ccc(CN2C/C(=C\c3cccc(OCCc4nc(-c5ccccc5)oc4C)c3)C(C)C2)cc1. The summed E-state index contributed by atoms with van der Waals surface area (Å²) in [4.78, 5) is 7.19. The van der Waals surface area contributed by atoms with E-state index < -0.39 is 0 Å². The Morgan fingerprint density at radius 1 is 1.00 bits per heavy atom. The summed E-state index contributed by atoms with van der Waals surface area (Å²) in [6.45, 7) is 7.81. The fraction of sp³-hybridized carbons (Fsp3) is 0.281. The molecule has 37 heavy (non-hydrogen) atoms. The van der Waals surface area contributed by atoms with Crippen molar-refractivity contribution in [3.8, 4) is 23.0 Å². The van der Waals surface area contributed by atoms with Crippen LogP contribution in [0.15, 0.2) is 88.9 Å². The molecular weight excluding hydrogens is 460 g/mol. The first-order valence-corrected chi connectivity index (χ1v) is 12.9. The third kappa shape index (κ3) is 6.30. The van der Waals surface area contributed by atoms with Crippen LogP contribution >= 0.6 is 0 Å². The fourth-order valence-corrected chi connectivity index (χ4v) is 4.82. The lowest BCUT2D eigenvalue weighted by Crippen LogP contribution is -2.19. The van der Waals surface area contributed by atoms with Crippen molar-refractivity contribution in [3.05, 3.63) is 107 Å².